The van der Waals surface area contributed by atoms with Gasteiger partial charge in [0.2, 0.25) is 0 Å². The van der Waals surface area contributed by atoms with Gasteiger partial charge in [-0.1, -0.05) is 6.42 Å². The zero-order valence-corrected chi connectivity index (χ0v) is 17.7. The first-order valence-electron chi connectivity index (χ1n) is 10.5. The summed E-state index contributed by atoms with van der Waals surface area (Å²) in [6.07, 6.45) is -1.82. The summed E-state index contributed by atoms with van der Waals surface area (Å²) in [5, 5.41) is 10.3. The van der Waals surface area contributed by atoms with Crippen molar-refractivity contribution >= 4 is 17.4 Å². The van der Waals surface area contributed by atoms with Crippen LogP contribution in [0.5, 0.6) is 5.75 Å². The molecule has 1 aliphatic heterocycles. The number of alkyl halides is 3. The predicted molar refractivity (Wildman–Crippen MR) is 111 cm³/mol. The quantitative estimate of drug-likeness (QED) is 0.261. The lowest BCUT2D eigenvalue weighted by Crippen LogP contribution is -2.22. The Hall–Kier alpha value is -2.42. The van der Waals surface area contributed by atoms with E-state index in [1.807, 2.05) is 0 Å². The number of rotatable bonds is 12. The number of nitrogens with one attached hydrogen (secondary N) is 2. The van der Waals surface area contributed by atoms with E-state index in [4.69, 9.17) is 15.9 Å². The maximum absolute atomic E-state index is 13.5. The molecule has 1 heterocycles. The minimum atomic E-state index is -4.59. The maximum Gasteiger partial charge on any atom is 0.416 e. The topological polar surface area (TPSA) is 105 Å². The number of ketones is 2. The number of hydrogen-bond donors (Lipinski definition) is 3. The number of carbonyl (C=O) groups is 2. The van der Waals surface area contributed by atoms with Crippen LogP contribution < -0.4 is 15.8 Å². The second-order valence-electron chi connectivity index (χ2n) is 8.03. The van der Waals surface area contributed by atoms with E-state index < -0.39 is 11.7 Å². The first kappa shape index (κ1) is 24.8. The van der Waals surface area contributed by atoms with Gasteiger partial charge in [0.05, 0.1) is 11.4 Å². The van der Waals surface area contributed by atoms with Crippen LogP contribution in [0.4, 0.5) is 13.2 Å². The SMILES string of the molecule is CC(=O)Cc1cc(C(F)(F)F)cc(CC(=O)CCCCCC(=N)N)c1O[C@@H]1CCNC1. The van der Waals surface area contributed by atoms with E-state index in [0.717, 1.165) is 18.7 Å². The molecule has 172 valence electrons. The molecule has 0 amide bonds. The Morgan fingerprint density at radius 2 is 1.81 bits per heavy atom. The van der Waals surface area contributed by atoms with Crippen LogP contribution in [0.2, 0.25) is 0 Å². The smallest absolute Gasteiger partial charge is 0.416 e. The second kappa shape index (κ2) is 11.3. The van der Waals surface area contributed by atoms with Crippen LogP contribution in [-0.4, -0.2) is 36.6 Å². The number of ether oxygens (including phenoxy) is 1. The molecule has 1 aromatic rings. The highest BCUT2D eigenvalue weighted by atomic mass is 19.4. The average molecular weight is 441 g/mol. The highest BCUT2D eigenvalue weighted by molar-refractivity contribution is 5.83. The Balaban J connectivity index is 2.24. The Kier molecular flexibility index (Phi) is 9.03. The molecule has 0 aliphatic carbocycles. The Morgan fingerprint density at radius 3 is 2.35 bits per heavy atom. The zero-order chi connectivity index (χ0) is 23.0. The number of carbonyl (C=O) groups excluding carboxylic acids is 2. The van der Waals surface area contributed by atoms with Crippen molar-refractivity contribution in [3.63, 3.8) is 0 Å². The van der Waals surface area contributed by atoms with Crippen LogP contribution >= 0.6 is 0 Å². The van der Waals surface area contributed by atoms with Crippen molar-refractivity contribution < 1.29 is 27.5 Å². The molecule has 4 N–H and O–H groups in total. The number of Topliss-reactive ketones (excluding diaryl/α,β-unsaturated/α-hetero) is 2. The van der Waals surface area contributed by atoms with Gasteiger partial charge in [-0.3, -0.25) is 15.0 Å². The fourth-order valence-electron chi connectivity index (χ4n) is 3.61. The summed E-state index contributed by atoms with van der Waals surface area (Å²) in [7, 11) is 0. The van der Waals surface area contributed by atoms with E-state index >= 15 is 0 Å². The predicted octanol–water partition coefficient (Wildman–Crippen LogP) is 3.58. The molecule has 0 spiro atoms. The molecular weight excluding hydrogens is 411 g/mol. The summed E-state index contributed by atoms with van der Waals surface area (Å²) in [5.74, 6) is -0.153. The molecule has 0 saturated carbocycles. The van der Waals surface area contributed by atoms with Crippen molar-refractivity contribution in [2.24, 2.45) is 5.73 Å². The highest BCUT2D eigenvalue weighted by Gasteiger charge is 2.33. The fraction of sp³-hybridized carbons (Fsp3) is 0.591. The number of benzene rings is 1. The largest absolute Gasteiger partial charge is 0.488 e. The zero-order valence-electron chi connectivity index (χ0n) is 17.7. The van der Waals surface area contributed by atoms with Gasteiger partial charge in [0.15, 0.2) is 0 Å². The number of unbranched alkanes of at least 4 members (excludes halogenated alkanes) is 2. The van der Waals surface area contributed by atoms with Crippen LogP contribution in [0.1, 0.15) is 62.1 Å². The normalized spacial score (nSPS) is 16.3. The van der Waals surface area contributed by atoms with E-state index in [1.54, 1.807) is 0 Å². The summed E-state index contributed by atoms with van der Waals surface area (Å²) in [5.41, 5.74) is 4.75. The number of hydrogen-bond acceptors (Lipinski definition) is 5. The highest BCUT2D eigenvalue weighted by Crippen LogP contribution is 2.37. The van der Waals surface area contributed by atoms with Crippen LogP contribution in [0, 0.1) is 5.41 Å². The third-order valence-electron chi connectivity index (χ3n) is 5.10. The summed E-state index contributed by atoms with van der Waals surface area (Å²) in [6.45, 7) is 2.61. The second-order valence-corrected chi connectivity index (χ2v) is 8.03. The molecule has 31 heavy (non-hydrogen) atoms. The third kappa shape index (κ3) is 8.32. The van der Waals surface area contributed by atoms with Gasteiger partial charge in [-0.05, 0) is 44.9 Å². The van der Waals surface area contributed by atoms with Crippen LogP contribution in [0.15, 0.2) is 12.1 Å². The molecule has 1 aliphatic rings. The van der Waals surface area contributed by atoms with Crippen LogP contribution in [0.25, 0.3) is 0 Å². The Bertz CT molecular complexity index is 803. The fourth-order valence-corrected chi connectivity index (χ4v) is 3.61. The maximum atomic E-state index is 13.5. The van der Waals surface area contributed by atoms with Gasteiger partial charge >= 0.3 is 6.18 Å². The lowest BCUT2D eigenvalue weighted by Gasteiger charge is -2.21. The van der Waals surface area contributed by atoms with Gasteiger partial charge in [-0.15, -0.1) is 0 Å². The molecule has 0 bridgehead atoms. The molecule has 9 heteroatoms. The van der Waals surface area contributed by atoms with Gasteiger partial charge < -0.3 is 15.8 Å². The van der Waals surface area contributed by atoms with Crippen LogP contribution in [-0.2, 0) is 28.6 Å². The summed E-state index contributed by atoms with van der Waals surface area (Å²) in [6, 6.07) is 1.92. The molecule has 2 rings (SSSR count). The standard InChI is InChI=1S/C22H30F3N3O3/c1-14(29)9-15-10-17(22(23,24)25)11-16(21(15)31-19-7-8-28-13-19)12-18(30)5-3-2-4-6-20(26)27/h10-11,19,28H,2-9,12-13H2,1H3,(H3,26,27)/t19-/m1/s1. The third-order valence-corrected chi connectivity index (χ3v) is 5.10. The first-order valence-corrected chi connectivity index (χ1v) is 10.5. The molecule has 6 nitrogen and oxygen atoms in total. The van der Waals surface area contributed by atoms with E-state index in [9.17, 15) is 22.8 Å². The summed E-state index contributed by atoms with van der Waals surface area (Å²) in [4.78, 5) is 24.2. The number of halogens is 3. The Labute approximate surface area is 180 Å². The lowest BCUT2D eigenvalue weighted by atomic mass is 9.95. The van der Waals surface area contributed by atoms with E-state index in [0.29, 0.717) is 38.6 Å². The van der Waals surface area contributed by atoms with Gasteiger partial charge in [0, 0.05) is 43.4 Å². The van der Waals surface area contributed by atoms with E-state index in [2.05, 4.69) is 5.32 Å². The molecule has 1 aromatic carbocycles. The number of amidine groups is 1. The van der Waals surface area contributed by atoms with Crippen molar-refractivity contribution in [3.05, 3.63) is 28.8 Å². The Morgan fingerprint density at radius 1 is 1.16 bits per heavy atom. The summed E-state index contributed by atoms with van der Waals surface area (Å²) < 4.78 is 46.4. The first-order chi connectivity index (χ1) is 14.6. The molecule has 0 aromatic heterocycles. The lowest BCUT2D eigenvalue weighted by molar-refractivity contribution is -0.137. The van der Waals surface area contributed by atoms with Gasteiger partial charge in [0.25, 0.3) is 0 Å². The monoisotopic (exact) mass is 441 g/mol. The molecule has 1 atom stereocenters. The number of nitrogens with two attached hydrogens (primary N) is 1. The van der Waals surface area contributed by atoms with Crippen molar-refractivity contribution in [2.75, 3.05) is 13.1 Å². The van der Waals surface area contributed by atoms with E-state index in [1.165, 1.54) is 6.92 Å². The molecule has 1 saturated heterocycles. The van der Waals surface area contributed by atoms with Crippen LogP contribution in [0.3, 0.4) is 0 Å². The minimum absolute atomic E-state index is 0.0940. The average Bonchev–Trinajstić information content (AvgIpc) is 3.15. The molecule has 0 radical (unpaired) electrons. The van der Waals surface area contributed by atoms with Gasteiger partial charge in [-0.2, -0.15) is 13.2 Å². The molecule has 1 fully saturated rings. The van der Waals surface area contributed by atoms with Crippen molar-refractivity contribution in [1.82, 2.24) is 5.32 Å². The van der Waals surface area contributed by atoms with Crippen molar-refractivity contribution in [3.8, 4) is 5.75 Å². The minimum Gasteiger partial charge on any atom is -0.488 e. The molecular formula is C22H30F3N3O3. The van der Waals surface area contributed by atoms with Crippen molar-refractivity contribution in [2.45, 2.75) is 70.6 Å². The molecule has 0 unspecified atom stereocenters. The summed E-state index contributed by atoms with van der Waals surface area (Å²) >= 11 is 0. The van der Waals surface area contributed by atoms with Gasteiger partial charge in [0.1, 0.15) is 23.4 Å². The van der Waals surface area contributed by atoms with Crippen molar-refractivity contribution in [1.29, 1.82) is 5.41 Å². The van der Waals surface area contributed by atoms with Gasteiger partial charge in [-0.25, -0.2) is 0 Å². The van der Waals surface area contributed by atoms with E-state index in [-0.39, 0.29) is 59.6 Å².